The Bertz CT molecular complexity index is 805. The monoisotopic (exact) mass is 320 g/mol. The van der Waals surface area contributed by atoms with Gasteiger partial charge in [0.2, 0.25) is 0 Å². The standard InChI is InChI=1S/C15H14ClFN4O/c1-22-5-4-21-9-19-13-8-18-15(7-14(13)21)20-10-2-3-12(17)11(16)6-10/h2-3,6-9H,4-5H2,1H3,(H,18,20). The Morgan fingerprint density at radius 3 is 2.95 bits per heavy atom. The van der Waals surface area contributed by atoms with Gasteiger partial charge in [0.1, 0.15) is 17.2 Å². The van der Waals surface area contributed by atoms with Crippen molar-refractivity contribution in [2.45, 2.75) is 6.54 Å². The van der Waals surface area contributed by atoms with Crippen LogP contribution in [0.2, 0.25) is 5.02 Å². The first-order chi connectivity index (χ1) is 10.7. The third-order valence-corrected chi connectivity index (χ3v) is 3.53. The molecular weight excluding hydrogens is 307 g/mol. The van der Waals surface area contributed by atoms with Crippen LogP contribution < -0.4 is 5.32 Å². The minimum absolute atomic E-state index is 0.0659. The van der Waals surface area contributed by atoms with Gasteiger partial charge >= 0.3 is 0 Å². The Balaban J connectivity index is 1.88. The minimum atomic E-state index is -0.451. The molecule has 0 atom stereocenters. The normalized spacial score (nSPS) is 11.0. The van der Waals surface area contributed by atoms with Gasteiger partial charge < -0.3 is 14.6 Å². The topological polar surface area (TPSA) is 52.0 Å². The Kier molecular flexibility index (Phi) is 4.22. The Morgan fingerprint density at radius 2 is 2.18 bits per heavy atom. The third-order valence-electron chi connectivity index (χ3n) is 3.24. The molecule has 0 unspecified atom stereocenters. The van der Waals surface area contributed by atoms with Crippen LogP contribution >= 0.6 is 11.6 Å². The number of hydrogen-bond donors (Lipinski definition) is 1. The largest absolute Gasteiger partial charge is 0.383 e. The zero-order valence-corrected chi connectivity index (χ0v) is 12.6. The number of rotatable bonds is 5. The predicted molar refractivity (Wildman–Crippen MR) is 84.1 cm³/mol. The van der Waals surface area contributed by atoms with Crippen molar-refractivity contribution in [1.29, 1.82) is 0 Å². The van der Waals surface area contributed by atoms with Gasteiger partial charge in [-0.25, -0.2) is 14.4 Å². The molecule has 1 aromatic carbocycles. The second kappa shape index (κ2) is 6.29. The average molecular weight is 321 g/mol. The van der Waals surface area contributed by atoms with E-state index in [0.717, 1.165) is 11.0 Å². The van der Waals surface area contributed by atoms with Gasteiger partial charge in [-0.05, 0) is 18.2 Å². The highest BCUT2D eigenvalue weighted by Crippen LogP contribution is 2.23. The molecule has 0 amide bonds. The number of nitrogens with one attached hydrogen (secondary N) is 1. The van der Waals surface area contributed by atoms with Gasteiger partial charge in [0, 0.05) is 25.4 Å². The Hall–Kier alpha value is -2.18. The lowest BCUT2D eigenvalue weighted by Crippen LogP contribution is -2.03. The first-order valence-corrected chi connectivity index (χ1v) is 7.07. The maximum atomic E-state index is 13.2. The average Bonchev–Trinajstić information content (AvgIpc) is 2.91. The number of benzene rings is 1. The summed E-state index contributed by atoms with van der Waals surface area (Å²) in [6, 6.07) is 6.32. The van der Waals surface area contributed by atoms with Crippen LogP contribution in [0.3, 0.4) is 0 Å². The van der Waals surface area contributed by atoms with Crippen molar-refractivity contribution in [3.8, 4) is 0 Å². The van der Waals surface area contributed by atoms with Gasteiger partial charge in [-0.15, -0.1) is 0 Å². The molecule has 0 fully saturated rings. The number of anilines is 2. The lowest BCUT2D eigenvalue weighted by atomic mass is 10.3. The third kappa shape index (κ3) is 3.03. The van der Waals surface area contributed by atoms with Gasteiger partial charge in [0.15, 0.2) is 0 Å². The van der Waals surface area contributed by atoms with Crippen molar-refractivity contribution in [1.82, 2.24) is 14.5 Å². The molecule has 1 N–H and O–H groups in total. The Morgan fingerprint density at radius 1 is 1.32 bits per heavy atom. The number of aromatic nitrogens is 3. The number of imidazole rings is 1. The van der Waals surface area contributed by atoms with Crippen LogP contribution in [0.25, 0.3) is 11.0 Å². The van der Waals surface area contributed by atoms with E-state index in [9.17, 15) is 4.39 Å². The summed E-state index contributed by atoms with van der Waals surface area (Å²) < 4.78 is 20.3. The van der Waals surface area contributed by atoms with Crippen molar-refractivity contribution in [3.05, 3.63) is 47.6 Å². The fourth-order valence-electron chi connectivity index (χ4n) is 2.12. The molecule has 0 radical (unpaired) electrons. The summed E-state index contributed by atoms with van der Waals surface area (Å²) in [6.45, 7) is 1.31. The molecule has 2 aromatic heterocycles. The van der Waals surface area contributed by atoms with Crippen molar-refractivity contribution in [3.63, 3.8) is 0 Å². The predicted octanol–water partition coefficient (Wildman–Crippen LogP) is 3.61. The van der Waals surface area contributed by atoms with Gasteiger partial charge in [-0.1, -0.05) is 11.6 Å². The van der Waals surface area contributed by atoms with Crippen LogP contribution in [0.5, 0.6) is 0 Å². The molecule has 0 aliphatic rings. The van der Waals surface area contributed by atoms with E-state index < -0.39 is 5.82 Å². The number of ether oxygens (including phenoxy) is 1. The van der Waals surface area contributed by atoms with Crippen LogP contribution in [0, 0.1) is 5.82 Å². The summed E-state index contributed by atoms with van der Waals surface area (Å²) in [6.07, 6.45) is 3.44. The van der Waals surface area contributed by atoms with E-state index in [2.05, 4.69) is 15.3 Å². The van der Waals surface area contributed by atoms with Crippen LogP contribution in [0.4, 0.5) is 15.9 Å². The molecular formula is C15H14ClFN4O. The van der Waals surface area contributed by atoms with Crippen LogP contribution in [-0.2, 0) is 11.3 Å². The van der Waals surface area contributed by atoms with Gasteiger partial charge in [-0.2, -0.15) is 0 Å². The SMILES string of the molecule is COCCn1cnc2cnc(Nc3ccc(F)c(Cl)c3)cc21. The lowest BCUT2D eigenvalue weighted by molar-refractivity contribution is 0.188. The summed E-state index contributed by atoms with van der Waals surface area (Å²) >= 11 is 5.78. The summed E-state index contributed by atoms with van der Waals surface area (Å²) in [7, 11) is 1.66. The number of hydrogen-bond acceptors (Lipinski definition) is 4. The number of nitrogens with zero attached hydrogens (tertiary/aromatic N) is 3. The van der Waals surface area contributed by atoms with E-state index in [-0.39, 0.29) is 5.02 Å². The summed E-state index contributed by atoms with van der Waals surface area (Å²) in [4.78, 5) is 8.58. The van der Waals surface area contributed by atoms with E-state index in [1.54, 1.807) is 25.7 Å². The van der Waals surface area contributed by atoms with Crippen molar-refractivity contribution >= 4 is 34.1 Å². The number of methoxy groups -OCH3 is 1. The number of halogens is 2. The first-order valence-electron chi connectivity index (χ1n) is 6.69. The maximum Gasteiger partial charge on any atom is 0.141 e. The van der Waals surface area contributed by atoms with E-state index in [1.165, 1.54) is 12.1 Å². The molecule has 0 aliphatic heterocycles. The van der Waals surface area contributed by atoms with Gasteiger partial charge in [0.05, 0.1) is 29.7 Å². The summed E-state index contributed by atoms with van der Waals surface area (Å²) in [5.74, 6) is 0.183. The van der Waals surface area contributed by atoms with Gasteiger partial charge in [-0.3, -0.25) is 0 Å². The van der Waals surface area contributed by atoms with Crippen LogP contribution in [-0.4, -0.2) is 28.3 Å². The smallest absolute Gasteiger partial charge is 0.141 e. The molecule has 0 aliphatic carbocycles. The zero-order valence-electron chi connectivity index (χ0n) is 11.9. The van der Waals surface area contributed by atoms with E-state index in [1.807, 2.05) is 10.6 Å². The molecule has 3 rings (SSSR count). The first kappa shape index (κ1) is 14.7. The molecule has 0 bridgehead atoms. The quantitative estimate of drug-likeness (QED) is 0.780. The molecule has 7 heteroatoms. The minimum Gasteiger partial charge on any atom is -0.383 e. The lowest BCUT2D eigenvalue weighted by Gasteiger charge is -2.08. The second-order valence-electron chi connectivity index (χ2n) is 4.74. The van der Waals surface area contributed by atoms with E-state index in [4.69, 9.17) is 16.3 Å². The highest BCUT2D eigenvalue weighted by molar-refractivity contribution is 6.31. The zero-order chi connectivity index (χ0) is 15.5. The van der Waals surface area contributed by atoms with Crippen LogP contribution in [0.15, 0.2) is 36.8 Å². The van der Waals surface area contributed by atoms with E-state index >= 15 is 0 Å². The molecule has 0 spiro atoms. The maximum absolute atomic E-state index is 13.2. The molecule has 114 valence electrons. The van der Waals surface area contributed by atoms with Crippen LogP contribution in [0.1, 0.15) is 0 Å². The Labute approximate surface area is 131 Å². The molecule has 0 saturated carbocycles. The van der Waals surface area contributed by atoms with Crippen molar-refractivity contribution in [2.24, 2.45) is 0 Å². The molecule has 2 heterocycles. The molecule has 3 aromatic rings. The number of pyridine rings is 1. The van der Waals surface area contributed by atoms with Crippen molar-refractivity contribution < 1.29 is 9.13 Å². The molecule has 22 heavy (non-hydrogen) atoms. The highest BCUT2D eigenvalue weighted by Gasteiger charge is 2.06. The summed E-state index contributed by atoms with van der Waals surface area (Å²) in [5.41, 5.74) is 2.42. The van der Waals surface area contributed by atoms with E-state index in [0.29, 0.717) is 24.7 Å². The second-order valence-corrected chi connectivity index (χ2v) is 5.15. The molecule has 5 nitrogen and oxygen atoms in total. The highest BCUT2D eigenvalue weighted by atomic mass is 35.5. The summed E-state index contributed by atoms with van der Waals surface area (Å²) in [5, 5.41) is 3.17. The fourth-order valence-corrected chi connectivity index (χ4v) is 2.30. The fraction of sp³-hybridized carbons (Fsp3) is 0.200. The molecule has 0 saturated heterocycles. The number of fused-ring (bicyclic) bond motifs is 1. The van der Waals surface area contributed by atoms with Gasteiger partial charge in [0.25, 0.3) is 0 Å². The van der Waals surface area contributed by atoms with Crippen molar-refractivity contribution in [2.75, 3.05) is 19.0 Å².